The molecule has 0 aromatic rings. The summed E-state index contributed by atoms with van der Waals surface area (Å²) in [5.74, 6) is -2.12. The standard InChI is InChI=1S/C72H140O17P2/c1-5-9-13-17-21-25-28-31-32-33-34-37-40-43-47-51-55-59-72(77)89-68(63-83-70(75)57-53-49-45-41-38-35-29-26-22-18-14-10-6-2)65-87-91(80,81)85-61-66(73)60-84-90(78,79)86-64-67(62-82-69(74)56-52-48-44-24-20-16-12-8-4)88-71(76)58-54-50-46-42-39-36-30-27-23-19-15-11-7-3/h66-68,73H,5-65H2,1-4H3,(H,78,79)(H,80,81)/t66-,67+,68+/m0/s1. The van der Waals surface area contributed by atoms with Gasteiger partial charge in [-0.15, -0.1) is 0 Å². The fourth-order valence-corrected chi connectivity index (χ4v) is 12.6. The first kappa shape index (κ1) is 89.1. The first-order chi connectivity index (χ1) is 44.2. The smallest absolute Gasteiger partial charge is 0.462 e. The van der Waals surface area contributed by atoms with Crippen molar-refractivity contribution >= 4 is 39.5 Å². The van der Waals surface area contributed by atoms with Crippen LogP contribution in [-0.2, 0) is 65.4 Å². The van der Waals surface area contributed by atoms with E-state index in [1.165, 1.54) is 212 Å². The number of carbonyl (C=O) groups is 4. The largest absolute Gasteiger partial charge is 0.472 e. The fourth-order valence-electron chi connectivity index (χ4n) is 11.0. The van der Waals surface area contributed by atoms with Crippen LogP contribution in [0.3, 0.4) is 0 Å². The molecule has 17 nitrogen and oxygen atoms in total. The van der Waals surface area contributed by atoms with Crippen LogP contribution in [0.4, 0.5) is 0 Å². The van der Waals surface area contributed by atoms with Crippen LogP contribution in [-0.4, -0.2) is 96.7 Å². The van der Waals surface area contributed by atoms with Gasteiger partial charge in [0, 0.05) is 25.7 Å². The van der Waals surface area contributed by atoms with E-state index in [2.05, 4.69) is 27.7 Å². The minimum Gasteiger partial charge on any atom is -0.462 e. The van der Waals surface area contributed by atoms with Crippen LogP contribution in [0, 0.1) is 0 Å². The van der Waals surface area contributed by atoms with Crippen molar-refractivity contribution in [2.24, 2.45) is 0 Å². The van der Waals surface area contributed by atoms with Gasteiger partial charge < -0.3 is 33.8 Å². The Balaban J connectivity index is 5.21. The van der Waals surface area contributed by atoms with Crippen molar-refractivity contribution < 1.29 is 80.2 Å². The predicted octanol–water partition coefficient (Wildman–Crippen LogP) is 21.1. The number of hydrogen-bond acceptors (Lipinski definition) is 15. The van der Waals surface area contributed by atoms with Gasteiger partial charge in [-0.3, -0.25) is 37.3 Å². The van der Waals surface area contributed by atoms with Crippen molar-refractivity contribution in [3.05, 3.63) is 0 Å². The summed E-state index contributed by atoms with van der Waals surface area (Å²) in [4.78, 5) is 72.6. The van der Waals surface area contributed by atoms with E-state index >= 15 is 0 Å². The second-order valence-corrected chi connectivity index (χ2v) is 28.9. The fraction of sp³-hybridized carbons (Fsp3) is 0.944. The molecule has 0 spiro atoms. The van der Waals surface area contributed by atoms with Gasteiger partial charge in [0.05, 0.1) is 26.4 Å². The lowest BCUT2D eigenvalue weighted by molar-refractivity contribution is -0.161. The van der Waals surface area contributed by atoms with Crippen molar-refractivity contribution in [2.45, 2.75) is 399 Å². The van der Waals surface area contributed by atoms with Crippen molar-refractivity contribution in [2.75, 3.05) is 39.6 Å². The van der Waals surface area contributed by atoms with Gasteiger partial charge in [0.25, 0.3) is 0 Å². The van der Waals surface area contributed by atoms with Gasteiger partial charge in [-0.1, -0.05) is 329 Å². The summed E-state index contributed by atoms with van der Waals surface area (Å²) < 4.78 is 68.3. The van der Waals surface area contributed by atoms with E-state index in [0.717, 1.165) is 89.9 Å². The molecule has 0 aromatic heterocycles. The Kier molecular flexibility index (Phi) is 65.2. The van der Waals surface area contributed by atoms with Gasteiger partial charge in [-0.2, -0.15) is 0 Å². The zero-order valence-corrected chi connectivity index (χ0v) is 60.6. The van der Waals surface area contributed by atoms with E-state index in [1.54, 1.807) is 0 Å². The van der Waals surface area contributed by atoms with Crippen molar-refractivity contribution in [1.82, 2.24) is 0 Å². The topological polar surface area (TPSA) is 237 Å². The highest BCUT2D eigenvalue weighted by Crippen LogP contribution is 2.45. The average Bonchev–Trinajstić information content (AvgIpc) is 3.62. The van der Waals surface area contributed by atoms with E-state index in [-0.39, 0.29) is 25.7 Å². The van der Waals surface area contributed by atoms with Crippen molar-refractivity contribution in [3.8, 4) is 0 Å². The quantitative estimate of drug-likeness (QED) is 0.0222. The third-order valence-corrected chi connectivity index (χ3v) is 18.8. The molecule has 0 bridgehead atoms. The molecule has 2 unspecified atom stereocenters. The Hall–Kier alpha value is -1.94. The van der Waals surface area contributed by atoms with Crippen molar-refractivity contribution in [3.63, 3.8) is 0 Å². The Morgan fingerprint density at radius 2 is 0.440 bits per heavy atom. The van der Waals surface area contributed by atoms with Gasteiger partial charge >= 0.3 is 39.5 Å². The van der Waals surface area contributed by atoms with Gasteiger partial charge in [0.2, 0.25) is 0 Å². The van der Waals surface area contributed by atoms with Gasteiger partial charge in [-0.25, -0.2) is 9.13 Å². The highest BCUT2D eigenvalue weighted by Gasteiger charge is 2.30. The number of esters is 4. The van der Waals surface area contributed by atoms with E-state index in [1.807, 2.05) is 0 Å². The molecule has 0 aromatic carbocycles. The molecule has 3 N–H and O–H groups in total. The number of rotatable bonds is 73. The minimum absolute atomic E-state index is 0.108. The maximum absolute atomic E-state index is 13.0. The second kappa shape index (κ2) is 66.7. The first-order valence-corrected chi connectivity index (χ1v) is 40.8. The normalized spacial score (nSPS) is 14.0. The number of unbranched alkanes of at least 4 members (excludes halogenated alkanes) is 47. The number of carbonyl (C=O) groups excluding carboxylic acids is 4. The zero-order chi connectivity index (χ0) is 66.8. The SMILES string of the molecule is CCCCCCCCCCCCCCCCCCCC(=O)O[C@H](COC(=O)CCCCCCCCCCCCCCC)COP(=O)(O)OC[C@@H](O)COP(=O)(O)OC[C@@H](COC(=O)CCCCCCCCCC)OC(=O)CCCCCCCCCCCCCCC. The minimum atomic E-state index is -4.95. The number of phosphoric acid groups is 2. The number of hydrogen-bond donors (Lipinski definition) is 3. The molecule has 0 saturated carbocycles. The number of aliphatic hydroxyl groups excluding tert-OH is 1. The Morgan fingerprint density at radius 3 is 0.648 bits per heavy atom. The molecular formula is C72H140O17P2. The van der Waals surface area contributed by atoms with Gasteiger partial charge in [0.1, 0.15) is 19.3 Å². The highest BCUT2D eigenvalue weighted by atomic mass is 31.2. The first-order valence-electron chi connectivity index (χ1n) is 37.8. The summed E-state index contributed by atoms with van der Waals surface area (Å²) in [6.07, 6.45) is 55.4. The third-order valence-electron chi connectivity index (χ3n) is 16.9. The van der Waals surface area contributed by atoms with Crippen LogP contribution in [0.2, 0.25) is 0 Å². The van der Waals surface area contributed by atoms with E-state index in [9.17, 15) is 43.2 Å². The molecule has 0 saturated heterocycles. The molecule has 0 aliphatic heterocycles. The van der Waals surface area contributed by atoms with Crippen molar-refractivity contribution in [1.29, 1.82) is 0 Å². The zero-order valence-electron chi connectivity index (χ0n) is 58.8. The van der Waals surface area contributed by atoms with Crippen LogP contribution >= 0.6 is 15.6 Å². The lowest BCUT2D eigenvalue weighted by Gasteiger charge is -2.21. The van der Waals surface area contributed by atoms with Gasteiger partial charge in [-0.05, 0) is 25.7 Å². The number of phosphoric ester groups is 2. The summed E-state index contributed by atoms with van der Waals surface area (Å²) in [7, 11) is -9.90. The molecule has 0 amide bonds. The summed E-state index contributed by atoms with van der Waals surface area (Å²) in [6.45, 7) is 4.94. The molecule has 540 valence electrons. The molecule has 5 atom stereocenters. The molecule has 0 radical (unpaired) electrons. The third kappa shape index (κ3) is 66.5. The number of aliphatic hydroxyl groups is 1. The number of ether oxygens (including phenoxy) is 4. The lowest BCUT2D eigenvalue weighted by atomic mass is 10.0. The van der Waals surface area contributed by atoms with Crippen LogP contribution in [0.25, 0.3) is 0 Å². The summed E-state index contributed by atoms with van der Waals surface area (Å²) in [6, 6.07) is 0. The Bertz CT molecular complexity index is 1740. The highest BCUT2D eigenvalue weighted by molar-refractivity contribution is 7.47. The monoisotopic (exact) mass is 1340 g/mol. The van der Waals surface area contributed by atoms with Crippen LogP contribution in [0.1, 0.15) is 381 Å². The maximum Gasteiger partial charge on any atom is 0.472 e. The molecule has 0 aliphatic rings. The molecular weight excluding hydrogens is 1200 g/mol. The lowest BCUT2D eigenvalue weighted by Crippen LogP contribution is -2.30. The second-order valence-electron chi connectivity index (χ2n) is 26.0. The molecule has 0 heterocycles. The Morgan fingerprint density at radius 1 is 0.264 bits per heavy atom. The summed E-state index contributed by atoms with van der Waals surface area (Å²) >= 11 is 0. The molecule has 91 heavy (non-hydrogen) atoms. The van der Waals surface area contributed by atoms with Crippen LogP contribution in [0.5, 0.6) is 0 Å². The average molecular weight is 1340 g/mol. The van der Waals surface area contributed by atoms with Crippen LogP contribution in [0.15, 0.2) is 0 Å². The van der Waals surface area contributed by atoms with Crippen LogP contribution < -0.4 is 0 Å². The van der Waals surface area contributed by atoms with E-state index in [4.69, 9.17) is 37.0 Å². The summed E-state index contributed by atoms with van der Waals surface area (Å²) in [5.41, 5.74) is 0. The summed E-state index contributed by atoms with van der Waals surface area (Å²) in [5, 5.41) is 10.6. The Labute approximate surface area is 556 Å². The van der Waals surface area contributed by atoms with E-state index < -0.39 is 97.5 Å². The predicted molar refractivity (Wildman–Crippen MR) is 368 cm³/mol. The van der Waals surface area contributed by atoms with E-state index in [0.29, 0.717) is 25.7 Å². The maximum atomic E-state index is 13.0. The molecule has 0 aliphatic carbocycles. The molecule has 19 heteroatoms. The molecule has 0 rings (SSSR count). The van der Waals surface area contributed by atoms with Gasteiger partial charge in [0.15, 0.2) is 12.2 Å². The molecule has 0 fully saturated rings.